The highest BCUT2D eigenvalue weighted by Crippen LogP contribution is 2.23. The number of benzene rings is 1. The highest BCUT2D eigenvalue weighted by Gasteiger charge is 2.11. The number of nitrogens with one attached hydrogen (secondary N) is 2. The molecule has 2 aromatic rings. The van der Waals surface area contributed by atoms with Crippen molar-refractivity contribution in [2.75, 3.05) is 35.2 Å². The van der Waals surface area contributed by atoms with Crippen LogP contribution in [0.15, 0.2) is 36.7 Å². The molecule has 0 bridgehead atoms. The maximum atomic E-state index is 4.31. The SMILES string of the molecule is CCCCCNc1cc(Nc2ccc(N3CCCC3)cc2)ncn1. The van der Waals surface area contributed by atoms with Gasteiger partial charge in [-0.05, 0) is 43.5 Å². The topological polar surface area (TPSA) is 53.1 Å². The standard InChI is InChI=1S/C19H27N5/c1-2-3-4-11-20-18-14-19(22-15-21-18)23-16-7-9-17(10-8-16)24-12-5-6-13-24/h7-10,14-15H,2-6,11-13H2,1H3,(H2,20,21,22,23). The molecular weight excluding hydrogens is 298 g/mol. The fourth-order valence-electron chi connectivity index (χ4n) is 2.99. The van der Waals surface area contributed by atoms with E-state index in [0.717, 1.165) is 23.9 Å². The van der Waals surface area contributed by atoms with Crippen molar-refractivity contribution in [3.8, 4) is 0 Å². The summed E-state index contributed by atoms with van der Waals surface area (Å²) >= 11 is 0. The quantitative estimate of drug-likeness (QED) is 0.704. The number of unbranched alkanes of at least 4 members (excludes halogenated alkanes) is 2. The lowest BCUT2D eigenvalue weighted by molar-refractivity contribution is 0.742. The van der Waals surface area contributed by atoms with Crippen LogP contribution in [0.2, 0.25) is 0 Å². The molecule has 1 aliphatic rings. The van der Waals surface area contributed by atoms with Gasteiger partial charge < -0.3 is 15.5 Å². The van der Waals surface area contributed by atoms with Gasteiger partial charge in [-0.25, -0.2) is 9.97 Å². The Morgan fingerprint density at radius 2 is 1.75 bits per heavy atom. The molecule has 3 rings (SSSR count). The van der Waals surface area contributed by atoms with E-state index < -0.39 is 0 Å². The van der Waals surface area contributed by atoms with Crippen LogP contribution in [0.5, 0.6) is 0 Å². The molecule has 0 saturated carbocycles. The fourth-order valence-corrected chi connectivity index (χ4v) is 2.99. The van der Waals surface area contributed by atoms with E-state index in [9.17, 15) is 0 Å². The van der Waals surface area contributed by atoms with Crippen LogP contribution >= 0.6 is 0 Å². The third-order valence-corrected chi connectivity index (χ3v) is 4.36. The van der Waals surface area contributed by atoms with Crippen LogP contribution in [0.25, 0.3) is 0 Å². The van der Waals surface area contributed by atoms with E-state index in [0.29, 0.717) is 0 Å². The van der Waals surface area contributed by atoms with Gasteiger partial charge in [-0.3, -0.25) is 0 Å². The summed E-state index contributed by atoms with van der Waals surface area (Å²) in [7, 11) is 0. The van der Waals surface area contributed by atoms with Crippen LogP contribution in [-0.4, -0.2) is 29.6 Å². The van der Waals surface area contributed by atoms with Crippen molar-refractivity contribution in [2.24, 2.45) is 0 Å². The molecule has 0 spiro atoms. The smallest absolute Gasteiger partial charge is 0.135 e. The van der Waals surface area contributed by atoms with E-state index in [4.69, 9.17) is 0 Å². The first-order valence-corrected chi connectivity index (χ1v) is 9.03. The largest absolute Gasteiger partial charge is 0.372 e. The molecule has 2 heterocycles. The Balaban J connectivity index is 1.57. The van der Waals surface area contributed by atoms with Gasteiger partial charge in [0.2, 0.25) is 0 Å². The highest BCUT2D eigenvalue weighted by molar-refractivity contribution is 5.62. The molecule has 128 valence electrons. The molecule has 1 saturated heterocycles. The van der Waals surface area contributed by atoms with Gasteiger partial charge in [0.1, 0.15) is 18.0 Å². The van der Waals surface area contributed by atoms with Crippen LogP contribution in [0.3, 0.4) is 0 Å². The summed E-state index contributed by atoms with van der Waals surface area (Å²) in [5.74, 6) is 1.69. The summed E-state index contributed by atoms with van der Waals surface area (Å²) in [4.78, 5) is 11.0. The van der Waals surface area contributed by atoms with Gasteiger partial charge in [-0.2, -0.15) is 0 Å². The maximum absolute atomic E-state index is 4.31. The molecule has 2 N–H and O–H groups in total. The highest BCUT2D eigenvalue weighted by atomic mass is 15.1. The number of rotatable bonds is 8. The molecule has 1 aromatic carbocycles. The average Bonchev–Trinajstić information content (AvgIpc) is 3.14. The van der Waals surface area contributed by atoms with Gasteiger partial charge in [-0.1, -0.05) is 19.8 Å². The van der Waals surface area contributed by atoms with E-state index >= 15 is 0 Å². The minimum atomic E-state index is 0.817. The number of hydrogen-bond donors (Lipinski definition) is 2. The van der Waals surface area contributed by atoms with Gasteiger partial charge in [0, 0.05) is 37.1 Å². The molecule has 0 aliphatic carbocycles. The normalized spacial score (nSPS) is 14.0. The average molecular weight is 325 g/mol. The fraction of sp³-hybridized carbons (Fsp3) is 0.474. The Morgan fingerprint density at radius 3 is 2.50 bits per heavy atom. The first-order valence-electron chi connectivity index (χ1n) is 9.03. The van der Waals surface area contributed by atoms with Crippen molar-refractivity contribution in [2.45, 2.75) is 39.0 Å². The van der Waals surface area contributed by atoms with Crippen LogP contribution in [-0.2, 0) is 0 Å². The molecule has 0 radical (unpaired) electrons. The van der Waals surface area contributed by atoms with E-state index in [-0.39, 0.29) is 0 Å². The van der Waals surface area contributed by atoms with Gasteiger partial charge in [0.25, 0.3) is 0 Å². The molecular formula is C19H27N5. The van der Waals surface area contributed by atoms with E-state index in [1.807, 2.05) is 6.07 Å². The lowest BCUT2D eigenvalue weighted by atomic mass is 10.2. The van der Waals surface area contributed by atoms with Crippen molar-refractivity contribution in [1.82, 2.24) is 9.97 Å². The molecule has 5 nitrogen and oxygen atoms in total. The summed E-state index contributed by atoms with van der Waals surface area (Å²) in [6.07, 6.45) is 7.84. The van der Waals surface area contributed by atoms with Gasteiger partial charge in [-0.15, -0.1) is 0 Å². The zero-order valence-electron chi connectivity index (χ0n) is 14.5. The third kappa shape index (κ3) is 4.60. The second-order valence-electron chi connectivity index (χ2n) is 6.29. The van der Waals surface area contributed by atoms with Crippen molar-refractivity contribution < 1.29 is 0 Å². The predicted molar refractivity (Wildman–Crippen MR) is 101 cm³/mol. The number of anilines is 4. The minimum Gasteiger partial charge on any atom is -0.372 e. The second-order valence-corrected chi connectivity index (χ2v) is 6.29. The van der Waals surface area contributed by atoms with E-state index in [1.165, 1.54) is 50.9 Å². The molecule has 0 unspecified atom stereocenters. The first-order chi connectivity index (χ1) is 11.8. The van der Waals surface area contributed by atoms with Crippen molar-refractivity contribution in [3.63, 3.8) is 0 Å². The van der Waals surface area contributed by atoms with Crippen molar-refractivity contribution in [3.05, 3.63) is 36.7 Å². The minimum absolute atomic E-state index is 0.817. The molecule has 1 fully saturated rings. The Labute approximate surface area is 144 Å². The Hall–Kier alpha value is -2.30. The Bertz CT molecular complexity index is 620. The molecule has 1 aliphatic heterocycles. The summed E-state index contributed by atoms with van der Waals surface area (Å²) in [6, 6.07) is 10.5. The lowest BCUT2D eigenvalue weighted by Crippen LogP contribution is -2.17. The maximum Gasteiger partial charge on any atom is 0.135 e. The van der Waals surface area contributed by atoms with E-state index in [2.05, 4.69) is 56.7 Å². The molecule has 0 atom stereocenters. The Morgan fingerprint density at radius 1 is 1.00 bits per heavy atom. The van der Waals surface area contributed by atoms with Crippen LogP contribution in [0.1, 0.15) is 39.0 Å². The van der Waals surface area contributed by atoms with Crippen molar-refractivity contribution in [1.29, 1.82) is 0 Å². The monoisotopic (exact) mass is 325 g/mol. The summed E-state index contributed by atoms with van der Waals surface area (Å²) in [5.41, 5.74) is 2.35. The van der Waals surface area contributed by atoms with Gasteiger partial charge in [0.15, 0.2) is 0 Å². The van der Waals surface area contributed by atoms with Crippen molar-refractivity contribution >= 4 is 23.0 Å². The molecule has 5 heteroatoms. The van der Waals surface area contributed by atoms with Gasteiger partial charge >= 0.3 is 0 Å². The summed E-state index contributed by atoms with van der Waals surface area (Å²) in [6.45, 7) is 5.51. The molecule has 1 aromatic heterocycles. The predicted octanol–water partition coefficient (Wildman–Crippen LogP) is 4.42. The molecule has 24 heavy (non-hydrogen) atoms. The first kappa shape index (κ1) is 16.6. The van der Waals surface area contributed by atoms with E-state index in [1.54, 1.807) is 6.33 Å². The third-order valence-electron chi connectivity index (χ3n) is 4.36. The zero-order chi connectivity index (χ0) is 16.6. The Kier molecular flexibility index (Phi) is 5.88. The van der Waals surface area contributed by atoms with Crippen LogP contribution in [0.4, 0.5) is 23.0 Å². The number of nitrogens with zero attached hydrogens (tertiary/aromatic N) is 3. The lowest BCUT2D eigenvalue weighted by Gasteiger charge is -2.18. The zero-order valence-corrected chi connectivity index (χ0v) is 14.5. The second kappa shape index (κ2) is 8.52. The summed E-state index contributed by atoms with van der Waals surface area (Å²) in [5, 5.41) is 6.71. The van der Waals surface area contributed by atoms with Crippen LogP contribution in [0, 0.1) is 0 Å². The number of aromatic nitrogens is 2. The number of hydrogen-bond acceptors (Lipinski definition) is 5. The molecule has 0 amide bonds. The summed E-state index contributed by atoms with van der Waals surface area (Å²) < 4.78 is 0. The van der Waals surface area contributed by atoms with Gasteiger partial charge in [0.05, 0.1) is 0 Å². The van der Waals surface area contributed by atoms with Crippen LogP contribution < -0.4 is 15.5 Å².